The van der Waals surface area contributed by atoms with E-state index >= 15 is 0 Å². The molecule has 1 N–H and O–H groups in total. The fraction of sp³-hybridized carbons (Fsp3) is 0.0556. The van der Waals surface area contributed by atoms with Crippen LogP contribution in [-0.2, 0) is 4.79 Å². The van der Waals surface area contributed by atoms with Gasteiger partial charge in [0.05, 0.1) is 5.69 Å². The third kappa shape index (κ3) is 3.39. The molecular weight excluding hydrogens is 389 g/mol. The van der Waals surface area contributed by atoms with Gasteiger partial charge >= 0.3 is 0 Å². The molecule has 0 heterocycles. The van der Waals surface area contributed by atoms with Gasteiger partial charge in [-0.3, -0.25) is 4.79 Å². The van der Waals surface area contributed by atoms with Crippen LogP contribution in [0.25, 0.3) is 10.8 Å². The zero-order valence-corrected chi connectivity index (χ0v) is 13.9. The fourth-order valence-electron chi connectivity index (χ4n) is 2.21. The van der Waals surface area contributed by atoms with E-state index in [1.807, 2.05) is 66.7 Å². The highest BCUT2D eigenvalue weighted by Gasteiger charge is 2.07. The molecule has 3 nitrogen and oxygen atoms in total. The SMILES string of the molecule is O=C(COc1cccc2ccccc12)Nc1ccccc1I. The second kappa shape index (κ2) is 6.79. The Morgan fingerprint density at radius 2 is 1.68 bits per heavy atom. The molecule has 110 valence electrons. The molecule has 3 aromatic carbocycles. The van der Waals surface area contributed by atoms with E-state index in [2.05, 4.69) is 27.9 Å². The first-order valence-electron chi connectivity index (χ1n) is 6.89. The van der Waals surface area contributed by atoms with Gasteiger partial charge in [-0.15, -0.1) is 0 Å². The molecular formula is C18H14INO2. The first-order chi connectivity index (χ1) is 10.7. The number of anilines is 1. The van der Waals surface area contributed by atoms with E-state index < -0.39 is 0 Å². The number of benzene rings is 3. The van der Waals surface area contributed by atoms with Crippen molar-refractivity contribution < 1.29 is 9.53 Å². The van der Waals surface area contributed by atoms with Gasteiger partial charge in [-0.1, -0.05) is 48.5 Å². The van der Waals surface area contributed by atoms with Crippen molar-refractivity contribution in [2.75, 3.05) is 11.9 Å². The van der Waals surface area contributed by atoms with Gasteiger partial charge < -0.3 is 10.1 Å². The highest BCUT2D eigenvalue weighted by atomic mass is 127. The normalized spacial score (nSPS) is 10.4. The number of halogens is 1. The fourth-order valence-corrected chi connectivity index (χ4v) is 2.74. The van der Waals surface area contributed by atoms with Crippen LogP contribution in [0.1, 0.15) is 0 Å². The second-order valence-electron chi connectivity index (χ2n) is 4.79. The number of nitrogens with one attached hydrogen (secondary N) is 1. The maximum Gasteiger partial charge on any atom is 0.262 e. The Kier molecular flexibility index (Phi) is 4.58. The third-order valence-corrected chi connectivity index (χ3v) is 4.20. The molecule has 3 rings (SSSR count). The number of hydrogen-bond donors (Lipinski definition) is 1. The number of ether oxygens (including phenoxy) is 1. The number of fused-ring (bicyclic) bond motifs is 1. The van der Waals surface area contributed by atoms with Crippen molar-refractivity contribution >= 4 is 45.0 Å². The van der Waals surface area contributed by atoms with Crippen LogP contribution < -0.4 is 10.1 Å². The number of rotatable bonds is 4. The van der Waals surface area contributed by atoms with Crippen LogP contribution in [0.4, 0.5) is 5.69 Å². The minimum atomic E-state index is -0.169. The Labute approximate surface area is 142 Å². The summed E-state index contributed by atoms with van der Waals surface area (Å²) < 4.78 is 6.68. The van der Waals surface area contributed by atoms with Crippen LogP contribution in [-0.4, -0.2) is 12.5 Å². The van der Waals surface area contributed by atoms with E-state index in [9.17, 15) is 4.79 Å². The molecule has 0 radical (unpaired) electrons. The second-order valence-corrected chi connectivity index (χ2v) is 5.96. The van der Waals surface area contributed by atoms with Crippen molar-refractivity contribution in [1.82, 2.24) is 0 Å². The van der Waals surface area contributed by atoms with Crippen LogP contribution >= 0.6 is 22.6 Å². The first-order valence-corrected chi connectivity index (χ1v) is 7.97. The lowest BCUT2D eigenvalue weighted by Crippen LogP contribution is -2.20. The monoisotopic (exact) mass is 403 g/mol. The molecule has 0 saturated carbocycles. The van der Waals surface area contributed by atoms with Crippen molar-refractivity contribution in [3.63, 3.8) is 0 Å². The number of amides is 1. The Balaban J connectivity index is 1.69. The van der Waals surface area contributed by atoms with Crippen molar-refractivity contribution in [2.45, 2.75) is 0 Å². The van der Waals surface area contributed by atoms with Crippen molar-refractivity contribution in [1.29, 1.82) is 0 Å². The molecule has 0 aliphatic carbocycles. The van der Waals surface area contributed by atoms with Crippen LogP contribution in [0.5, 0.6) is 5.75 Å². The molecule has 0 saturated heterocycles. The van der Waals surface area contributed by atoms with Crippen molar-refractivity contribution in [2.24, 2.45) is 0 Å². The number of para-hydroxylation sites is 1. The summed E-state index contributed by atoms with van der Waals surface area (Å²) in [5, 5.41) is 4.96. The van der Waals surface area contributed by atoms with Gasteiger partial charge in [0.25, 0.3) is 5.91 Å². The molecule has 0 aliphatic heterocycles. The van der Waals surface area contributed by atoms with Crippen LogP contribution in [0.2, 0.25) is 0 Å². The summed E-state index contributed by atoms with van der Waals surface area (Å²) in [5.74, 6) is 0.549. The van der Waals surface area contributed by atoms with Gasteiger partial charge in [0.15, 0.2) is 6.61 Å². The minimum absolute atomic E-state index is 0.0149. The molecule has 22 heavy (non-hydrogen) atoms. The molecule has 1 amide bonds. The smallest absolute Gasteiger partial charge is 0.262 e. The summed E-state index contributed by atoms with van der Waals surface area (Å²) in [7, 11) is 0. The van der Waals surface area contributed by atoms with E-state index in [4.69, 9.17) is 4.74 Å². The highest BCUT2D eigenvalue weighted by Crippen LogP contribution is 2.25. The molecule has 0 spiro atoms. The first kappa shape index (κ1) is 14.8. The van der Waals surface area contributed by atoms with Gasteiger partial charge in [0, 0.05) is 8.96 Å². The average Bonchev–Trinajstić information content (AvgIpc) is 2.55. The number of carbonyl (C=O) groups excluding carboxylic acids is 1. The zero-order valence-electron chi connectivity index (χ0n) is 11.8. The molecule has 0 aliphatic rings. The zero-order chi connectivity index (χ0) is 15.4. The summed E-state index contributed by atoms with van der Waals surface area (Å²) in [5.41, 5.74) is 0.801. The lowest BCUT2D eigenvalue weighted by molar-refractivity contribution is -0.118. The maximum atomic E-state index is 12.0. The Hall–Kier alpha value is -2.08. The standard InChI is InChI=1S/C18H14INO2/c19-15-9-3-4-10-16(15)20-18(21)12-22-17-11-5-7-13-6-1-2-8-14(13)17/h1-11H,12H2,(H,20,21). The molecule has 0 unspecified atom stereocenters. The number of carbonyl (C=O) groups is 1. The lowest BCUT2D eigenvalue weighted by Gasteiger charge is -2.10. The Morgan fingerprint density at radius 3 is 2.55 bits per heavy atom. The molecule has 4 heteroatoms. The van der Waals surface area contributed by atoms with Gasteiger partial charge in [-0.05, 0) is 46.2 Å². The van der Waals surface area contributed by atoms with E-state index in [1.54, 1.807) is 0 Å². The topological polar surface area (TPSA) is 38.3 Å². The minimum Gasteiger partial charge on any atom is -0.483 e. The van der Waals surface area contributed by atoms with E-state index in [0.29, 0.717) is 0 Å². The van der Waals surface area contributed by atoms with Gasteiger partial charge in [-0.25, -0.2) is 0 Å². The average molecular weight is 403 g/mol. The van der Waals surface area contributed by atoms with Crippen LogP contribution in [0.15, 0.2) is 66.7 Å². The molecule has 0 bridgehead atoms. The van der Waals surface area contributed by atoms with Gasteiger partial charge in [0.2, 0.25) is 0 Å². The molecule has 0 fully saturated rings. The Morgan fingerprint density at radius 1 is 0.955 bits per heavy atom. The van der Waals surface area contributed by atoms with Crippen LogP contribution in [0, 0.1) is 3.57 Å². The summed E-state index contributed by atoms with van der Waals surface area (Å²) >= 11 is 2.19. The predicted octanol–water partition coefficient (Wildman–Crippen LogP) is 4.46. The lowest BCUT2D eigenvalue weighted by atomic mass is 10.1. The summed E-state index contributed by atoms with van der Waals surface area (Å²) in [6, 6.07) is 21.4. The molecule has 3 aromatic rings. The van der Waals surface area contributed by atoms with Crippen molar-refractivity contribution in [3.05, 3.63) is 70.3 Å². The quantitative estimate of drug-likeness (QED) is 0.654. The number of hydrogen-bond acceptors (Lipinski definition) is 2. The third-order valence-electron chi connectivity index (χ3n) is 3.26. The predicted molar refractivity (Wildman–Crippen MR) is 97.2 cm³/mol. The van der Waals surface area contributed by atoms with E-state index in [1.165, 1.54) is 0 Å². The summed E-state index contributed by atoms with van der Waals surface area (Å²) in [6.45, 7) is -0.0149. The molecule has 0 aromatic heterocycles. The van der Waals surface area contributed by atoms with Crippen molar-refractivity contribution in [3.8, 4) is 5.75 Å². The van der Waals surface area contributed by atoms with Gasteiger partial charge in [0.1, 0.15) is 5.75 Å². The van der Waals surface area contributed by atoms with Crippen LogP contribution in [0.3, 0.4) is 0 Å². The largest absolute Gasteiger partial charge is 0.483 e. The highest BCUT2D eigenvalue weighted by molar-refractivity contribution is 14.1. The van der Waals surface area contributed by atoms with E-state index in [0.717, 1.165) is 25.8 Å². The summed E-state index contributed by atoms with van der Waals surface area (Å²) in [4.78, 5) is 12.0. The Bertz CT molecular complexity index is 812. The van der Waals surface area contributed by atoms with E-state index in [-0.39, 0.29) is 12.5 Å². The molecule has 0 atom stereocenters. The summed E-state index contributed by atoms with van der Waals surface area (Å²) in [6.07, 6.45) is 0. The maximum absolute atomic E-state index is 12.0. The van der Waals surface area contributed by atoms with Gasteiger partial charge in [-0.2, -0.15) is 0 Å².